The van der Waals surface area contributed by atoms with Gasteiger partial charge in [0.05, 0.1) is 27.2 Å². The first-order valence-electron chi connectivity index (χ1n) is 6.89. The Morgan fingerprint density at radius 3 is 2.55 bits per heavy atom. The summed E-state index contributed by atoms with van der Waals surface area (Å²) in [6.45, 7) is 6.75. The minimum Gasteiger partial charge on any atom is -0.422 e. The Kier molecular flexibility index (Phi) is 4.99. The van der Waals surface area contributed by atoms with Gasteiger partial charge in [0.1, 0.15) is 0 Å². The Hall–Kier alpha value is -0.915. The Morgan fingerprint density at radius 1 is 1.27 bits per heavy atom. The molecule has 0 aliphatic rings. The molecule has 2 N–H and O–H groups in total. The number of hydrogen-bond donors (Lipinski definition) is 2. The number of aliphatic hydroxyl groups is 1. The van der Waals surface area contributed by atoms with Crippen molar-refractivity contribution in [3.05, 3.63) is 34.8 Å². The lowest BCUT2D eigenvalue weighted by atomic mass is 9.80. The summed E-state index contributed by atoms with van der Waals surface area (Å²) in [5.41, 5.74) is 1.06. The third-order valence-electron chi connectivity index (χ3n) is 3.80. The van der Waals surface area contributed by atoms with Crippen LogP contribution in [0, 0.1) is 0 Å². The van der Waals surface area contributed by atoms with Crippen LogP contribution in [0.3, 0.4) is 0 Å². The summed E-state index contributed by atoms with van der Waals surface area (Å²) in [4.78, 5) is 4.30. The van der Waals surface area contributed by atoms with Gasteiger partial charge in [0, 0.05) is 10.6 Å². The molecule has 22 heavy (non-hydrogen) atoms. The van der Waals surface area contributed by atoms with Gasteiger partial charge in [-0.05, 0) is 39.8 Å². The van der Waals surface area contributed by atoms with Crippen molar-refractivity contribution in [2.45, 2.75) is 38.9 Å². The van der Waals surface area contributed by atoms with E-state index >= 15 is 0 Å². The Balaban J connectivity index is 2.30. The van der Waals surface area contributed by atoms with Crippen LogP contribution in [-0.4, -0.2) is 33.4 Å². The van der Waals surface area contributed by atoms with E-state index in [1.807, 2.05) is 12.1 Å². The summed E-state index contributed by atoms with van der Waals surface area (Å²) in [6.07, 6.45) is 0. The molecule has 118 valence electrons. The van der Waals surface area contributed by atoms with Crippen LogP contribution in [-0.2, 0) is 4.65 Å². The van der Waals surface area contributed by atoms with Crippen molar-refractivity contribution >= 4 is 34.8 Å². The van der Waals surface area contributed by atoms with E-state index in [0.29, 0.717) is 15.5 Å². The molecule has 0 spiro atoms. The SMILES string of the molecule is CC(C)(O)C(C)(C)OB(O)c1scnc1-c1cccc(Cl)c1. The van der Waals surface area contributed by atoms with Gasteiger partial charge in [-0.3, -0.25) is 0 Å². The van der Waals surface area contributed by atoms with Gasteiger partial charge >= 0.3 is 7.12 Å². The first-order valence-corrected chi connectivity index (χ1v) is 8.15. The van der Waals surface area contributed by atoms with Gasteiger partial charge in [0.2, 0.25) is 0 Å². The number of aromatic nitrogens is 1. The maximum Gasteiger partial charge on any atom is 0.504 e. The Labute approximate surface area is 139 Å². The molecule has 0 unspecified atom stereocenters. The third kappa shape index (κ3) is 3.70. The zero-order chi connectivity index (χ0) is 16.5. The molecule has 0 fully saturated rings. The average molecular weight is 340 g/mol. The largest absolute Gasteiger partial charge is 0.504 e. The summed E-state index contributed by atoms with van der Waals surface area (Å²) in [5, 5.41) is 21.2. The van der Waals surface area contributed by atoms with E-state index in [1.54, 1.807) is 45.3 Å². The van der Waals surface area contributed by atoms with Crippen molar-refractivity contribution in [1.82, 2.24) is 4.98 Å². The topological polar surface area (TPSA) is 62.6 Å². The monoisotopic (exact) mass is 339 g/mol. The lowest BCUT2D eigenvalue weighted by Crippen LogP contribution is -2.53. The Bertz CT molecular complexity index is 654. The second-order valence-corrected chi connectivity index (χ2v) is 7.44. The van der Waals surface area contributed by atoms with E-state index < -0.39 is 18.3 Å². The first-order chi connectivity index (χ1) is 10.1. The summed E-state index contributed by atoms with van der Waals surface area (Å²) in [7, 11) is -1.18. The molecule has 1 heterocycles. The van der Waals surface area contributed by atoms with E-state index in [4.69, 9.17) is 16.3 Å². The van der Waals surface area contributed by atoms with E-state index in [9.17, 15) is 10.1 Å². The van der Waals surface area contributed by atoms with Gasteiger partial charge in [-0.25, -0.2) is 4.98 Å². The van der Waals surface area contributed by atoms with Gasteiger partial charge in [-0.15, -0.1) is 11.3 Å². The highest BCUT2D eigenvalue weighted by atomic mass is 35.5. The third-order valence-corrected chi connectivity index (χ3v) is 4.89. The van der Waals surface area contributed by atoms with Crippen molar-refractivity contribution in [1.29, 1.82) is 0 Å². The molecule has 0 aliphatic carbocycles. The second-order valence-electron chi connectivity index (χ2n) is 6.12. The quantitative estimate of drug-likeness (QED) is 0.822. The predicted octanol–water partition coefficient (Wildman–Crippen LogP) is 2.72. The summed E-state index contributed by atoms with van der Waals surface area (Å²) in [6, 6.07) is 7.27. The minimum atomic E-state index is -1.18. The molecule has 0 atom stereocenters. The average Bonchev–Trinajstić information content (AvgIpc) is 2.86. The van der Waals surface area contributed by atoms with Gasteiger partial charge in [-0.1, -0.05) is 23.7 Å². The highest BCUT2D eigenvalue weighted by molar-refractivity contribution is 7.21. The minimum absolute atomic E-state index is 0.583. The van der Waals surface area contributed by atoms with Crippen LogP contribution < -0.4 is 4.78 Å². The molecular formula is C15H19BClNO3S. The van der Waals surface area contributed by atoms with E-state index in [-0.39, 0.29) is 0 Å². The van der Waals surface area contributed by atoms with Crippen molar-refractivity contribution in [3.8, 4) is 11.3 Å². The molecule has 2 aromatic rings. The fraction of sp³-hybridized carbons (Fsp3) is 0.400. The molecule has 0 saturated heterocycles. The summed E-state index contributed by atoms with van der Waals surface area (Å²) < 4.78 is 6.26. The fourth-order valence-electron chi connectivity index (χ4n) is 1.76. The summed E-state index contributed by atoms with van der Waals surface area (Å²) in [5.74, 6) is 0. The van der Waals surface area contributed by atoms with Crippen LogP contribution in [0.4, 0.5) is 0 Å². The van der Waals surface area contributed by atoms with Crippen molar-refractivity contribution in [2.24, 2.45) is 0 Å². The van der Waals surface area contributed by atoms with E-state index in [0.717, 1.165) is 5.56 Å². The van der Waals surface area contributed by atoms with Crippen molar-refractivity contribution in [2.75, 3.05) is 0 Å². The lowest BCUT2D eigenvalue weighted by molar-refractivity contribution is -0.0981. The van der Waals surface area contributed by atoms with Crippen LogP contribution in [0.15, 0.2) is 29.8 Å². The Morgan fingerprint density at radius 2 is 1.95 bits per heavy atom. The fourth-order valence-corrected chi connectivity index (χ4v) is 2.67. The summed E-state index contributed by atoms with van der Waals surface area (Å²) >= 11 is 7.31. The van der Waals surface area contributed by atoms with Gasteiger partial charge in [-0.2, -0.15) is 0 Å². The zero-order valence-corrected chi connectivity index (χ0v) is 14.6. The number of hydrogen-bond acceptors (Lipinski definition) is 5. The maximum atomic E-state index is 10.4. The highest BCUT2D eigenvalue weighted by Gasteiger charge is 2.40. The molecule has 4 nitrogen and oxygen atoms in total. The normalized spacial score (nSPS) is 12.5. The lowest BCUT2D eigenvalue weighted by Gasteiger charge is -2.38. The van der Waals surface area contributed by atoms with Gasteiger partial charge in [0.25, 0.3) is 0 Å². The molecule has 7 heteroatoms. The molecule has 2 rings (SSSR count). The number of thiazole rings is 1. The number of benzene rings is 1. The molecule has 1 aromatic heterocycles. The highest BCUT2D eigenvalue weighted by Crippen LogP contribution is 2.27. The zero-order valence-electron chi connectivity index (χ0n) is 13.0. The predicted molar refractivity (Wildman–Crippen MR) is 91.6 cm³/mol. The van der Waals surface area contributed by atoms with Crippen LogP contribution in [0.1, 0.15) is 27.7 Å². The van der Waals surface area contributed by atoms with Gasteiger partial charge in [0.15, 0.2) is 0 Å². The van der Waals surface area contributed by atoms with Crippen molar-refractivity contribution < 1.29 is 14.8 Å². The van der Waals surface area contributed by atoms with E-state index in [2.05, 4.69) is 4.98 Å². The van der Waals surface area contributed by atoms with E-state index in [1.165, 1.54) is 11.3 Å². The molecule has 0 saturated carbocycles. The maximum absolute atomic E-state index is 10.4. The van der Waals surface area contributed by atoms with Crippen LogP contribution in [0.25, 0.3) is 11.3 Å². The van der Waals surface area contributed by atoms with Crippen LogP contribution in [0.5, 0.6) is 0 Å². The standard InChI is InChI=1S/C15H19BClNO3S/c1-14(2,19)15(3,4)21-16(20)13-12(18-9-22-13)10-6-5-7-11(17)8-10/h5-9,19-20H,1-4H3. The molecule has 1 aromatic carbocycles. The molecular weight excluding hydrogens is 321 g/mol. The molecule has 0 bridgehead atoms. The number of rotatable bonds is 5. The van der Waals surface area contributed by atoms with Crippen molar-refractivity contribution in [3.63, 3.8) is 0 Å². The number of nitrogens with zero attached hydrogens (tertiary/aromatic N) is 1. The van der Waals surface area contributed by atoms with Crippen LogP contribution >= 0.6 is 22.9 Å². The molecule has 0 amide bonds. The van der Waals surface area contributed by atoms with Gasteiger partial charge < -0.3 is 14.8 Å². The molecule has 0 aliphatic heterocycles. The first kappa shape index (κ1) is 17.4. The molecule has 0 radical (unpaired) electrons. The van der Waals surface area contributed by atoms with Crippen LogP contribution in [0.2, 0.25) is 5.02 Å². The second kappa shape index (κ2) is 6.30. The number of halogens is 1. The smallest absolute Gasteiger partial charge is 0.422 e.